The van der Waals surface area contributed by atoms with Crippen molar-refractivity contribution in [3.63, 3.8) is 0 Å². The molecule has 2 saturated heterocycles. The van der Waals surface area contributed by atoms with E-state index in [1.165, 1.54) is 7.05 Å². The Labute approximate surface area is 103 Å². The van der Waals surface area contributed by atoms with E-state index >= 15 is 0 Å². The van der Waals surface area contributed by atoms with Crippen LogP contribution in [0.2, 0.25) is 0 Å². The van der Waals surface area contributed by atoms with Crippen LogP contribution in [0.15, 0.2) is 6.07 Å². The Morgan fingerprint density at radius 3 is 2.50 bits per heavy atom. The second kappa shape index (κ2) is 3.71. The summed E-state index contributed by atoms with van der Waals surface area (Å²) in [5.41, 5.74) is 0.201. The lowest BCUT2D eigenvalue weighted by atomic mass is 9.74. The molecule has 0 saturated carbocycles. The minimum absolute atomic E-state index is 0.391. The first kappa shape index (κ1) is 12.0. The van der Waals surface area contributed by atoms with Crippen molar-refractivity contribution in [1.82, 2.24) is 20.0 Å². The third-order valence-electron chi connectivity index (χ3n) is 3.72. The summed E-state index contributed by atoms with van der Waals surface area (Å²) in [6, 6.07) is 1.14. The van der Waals surface area contributed by atoms with Crippen molar-refractivity contribution >= 4 is 0 Å². The minimum Gasteiger partial charge on any atom is -0.315 e. The van der Waals surface area contributed by atoms with Crippen molar-refractivity contribution in [3.05, 3.63) is 17.5 Å². The second-order valence-electron chi connectivity index (χ2n) is 5.39. The zero-order valence-corrected chi connectivity index (χ0v) is 10.1. The molecule has 1 aromatic heterocycles. The largest absolute Gasteiger partial charge is 0.433 e. The molecule has 1 N–H and O–H groups in total. The third-order valence-corrected chi connectivity index (χ3v) is 3.72. The van der Waals surface area contributed by atoms with Crippen LogP contribution in [0, 0.1) is 5.41 Å². The average Bonchev–Trinajstić information content (AvgIpc) is 2.48. The van der Waals surface area contributed by atoms with Crippen LogP contribution >= 0.6 is 0 Å². The summed E-state index contributed by atoms with van der Waals surface area (Å²) in [6.07, 6.45) is -4.33. The molecule has 0 aromatic carbocycles. The lowest BCUT2D eigenvalue weighted by Crippen LogP contribution is -2.70. The van der Waals surface area contributed by atoms with Crippen LogP contribution in [-0.4, -0.2) is 40.9 Å². The van der Waals surface area contributed by atoms with Gasteiger partial charge in [0.15, 0.2) is 0 Å². The first-order chi connectivity index (χ1) is 8.38. The molecule has 3 heterocycles. The molecule has 1 spiro atoms. The van der Waals surface area contributed by atoms with Crippen LogP contribution in [0.1, 0.15) is 11.4 Å². The molecule has 2 aliphatic heterocycles. The third kappa shape index (κ3) is 1.91. The number of aromatic nitrogens is 2. The van der Waals surface area contributed by atoms with Crippen molar-refractivity contribution in [2.24, 2.45) is 12.5 Å². The number of rotatable bonds is 2. The maximum absolute atomic E-state index is 12.6. The van der Waals surface area contributed by atoms with E-state index in [9.17, 15) is 13.2 Å². The second-order valence-corrected chi connectivity index (χ2v) is 5.39. The van der Waals surface area contributed by atoms with Gasteiger partial charge in [-0.2, -0.15) is 18.3 Å². The predicted octanol–water partition coefficient (Wildman–Crippen LogP) is 0.844. The fourth-order valence-electron chi connectivity index (χ4n) is 2.81. The van der Waals surface area contributed by atoms with E-state index < -0.39 is 11.9 Å². The van der Waals surface area contributed by atoms with E-state index in [0.29, 0.717) is 17.7 Å². The van der Waals surface area contributed by atoms with E-state index in [2.05, 4.69) is 15.3 Å². The summed E-state index contributed by atoms with van der Waals surface area (Å²) in [6.45, 7) is 4.47. The van der Waals surface area contributed by atoms with Gasteiger partial charge in [-0.15, -0.1) is 0 Å². The van der Waals surface area contributed by atoms with Crippen LogP contribution < -0.4 is 5.32 Å². The fourth-order valence-corrected chi connectivity index (χ4v) is 2.81. The molecule has 0 bridgehead atoms. The minimum atomic E-state index is -4.33. The predicted molar refractivity (Wildman–Crippen MR) is 58.8 cm³/mol. The summed E-state index contributed by atoms with van der Waals surface area (Å²) >= 11 is 0. The van der Waals surface area contributed by atoms with Crippen LogP contribution in [-0.2, 0) is 19.8 Å². The monoisotopic (exact) mass is 260 g/mol. The molecule has 0 radical (unpaired) electrons. The van der Waals surface area contributed by atoms with Crippen LogP contribution in [0.25, 0.3) is 0 Å². The number of aryl methyl sites for hydroxylation is 1. The molecule has 0 amide bonds. The maximum atomic E-state index is 12.6. The van der Waals surface area contributed by atoms with Crippen molar-refractivity contribution in [1.29, 1.82) is 0 Å². The average molecular weight is 260 g/mol. The Morgan fingerprint density at radius 2 is 2.06 bits per heavy atom. The molecule has 3 rings (SSSR count). The highest BCUT2D eigenvalue weighted by atomic mass is 19.4. The van der Waals surface area contributed by atoms with Crippen molar-refractivity contribution in [2.45, 2.75) is 12.7 Å². The highest BCUT2D eigenvalue weighted by Crippen LogP contribution is 2.35. The maximum Gasteiger partial charge on any atom is 0.433 e. The molecule has 2 aliphatic rings. The number of hydrogen-bond donors (Lipinski definition) is 1. The number of nitrogens with one attached hydrogen (secondary N) is 1. The Bertz CT molecular complexity index is 453. The zero-order valence-electron chi connectivity index (χ0n) is 10.1. The molecule has 1 aromatic rings. The van der Waals surface area contributed by atoms with Crippen LogP contribution in [0.4, 0.5) is 13.2 Å². The zero-order chi connectivity index (χ0) is 13.0. The van der Waals surface area contributed by atoms with Gasteiger partial charge in [-0.1, -0.05) is 0 Å². The van der Waals surface area contributed by atoms with E-state index in [0.717, 1.165) is 36.9 Å². The normalized spacial score (nSPS) is 22.9. The van der Waals surface area contributed by atoms with E-state index in [-0.39, 0.29) is 0 Å². The highest BCUT2D eigenvalue weighted by molar-refractivity contribution is 5.14. The van der Waals surface area contributed by atoms with Crippen molar-refractivity contribution in [3.8, 4) is 0 Å². The van der Waals surface area contributed by atoms with Crippen LogP contribution in [0.3, 0.4) is 0 Å². The van der Waals surface area contributed by atoms with Gasteiger partial charge in [-0.3, -0.25) is 9.58 Å². The molecule has 2 fully saturated rings. The van der Waals surface area contributed by atoms with E-state index in [1.54, 1.807) is 0 Å². The van der Waals surface area contributed by atoms with Crippen molar-refractivity contribution < 1.29 is 13.2 Å². The Morgan fingerprint density at radius 1 is 1.39 bits per heavy atom. The molecule has 0 unspecified atom stereocenters. The molecule has 7 heteroatoms. The quantitative estimate of drug-likeness (QED) is 0.855. The summed E-state index contributed by atoms with van der Waals surface area (Å²) in [5, 5.41) is 7.16. The lowest BCUT2D eigenvalue weighted by Gasteiger charge is -2.56. The standard InChI is InChI=1S/C11H15F3N4/c1-17-9(11(12,13)14)2-8(16-17)3-18-6-10(7-18)4-15-5-10/h2,15H,3-7H2,1H3. The SMILES string of the molecule is Cn1nc(CN2CC3(CNC3)C2)cc1C(F)(F)F. The van der Waals surface area contributed by atoms with Crippen molar-refractivity contribution in [2.75, 3.05) is 26.2 Å². The smallest absolute Gasteiger partial charge is 0.315 e. The molecule has 4 nitrogen and oxygen atoms in total. The van der Waals surface area contributed by atoms with Crippen LogP contribution in [0.5, 0.6) is 0 Å². The number of likely N-dealkylation sites (tertiary alicyclic amines) is 1. The van der Waals surface area contributed by atoms with Gasteiger partial charge in [0.1, 0.15) is 5.69 Å². The molecule has 0 aliphatic carbocycles. The molecule has 18 heavy (non-hydrogen) atoms. The first-order valence-corrected chi connectivity index (χ1v) is 5.91. The number of alkyl halides is 3. The lowest BCUT2D eigenvalue weighted by molar-refractivity contribution is -0.143. The highest BCUT2D eigenvalue weighted by Gasteiger charge is 2.47. The van der Waals surface area contributed by atoms with Gasteiger partial charge in [-0.05, 0) is 6.07 Å². The molecule has 0 atom stereocenters. The van der Waals surface area contributed by atoms with Gasteiger partial charge in [-0.25, -0.2) is 0 Å². The summed E-state index contributed by atoms with van der Waals surface area (Å²) in [5.74, 6) is 0. The molecule has 100 valence electrons. The Kier molecular flexibility index (Phi) is 2.47. The van der Waals surface area contributed by atoms with Gasteiger partial charge in [0.2, 0.25) is 0 Å². The van der Waals surface area contributed by atoms with Gasteiger partial charge in [0.25, 0.3) is 0 Å². The number of nitrogens with zero attached hydrogens (tertiary/aromatic N) is 3. The van der Waals surface area contributed by atoms with Gasteiger partial charge >= 0.3 is 6.18 Å². The van der Waals surface area contributed by atoms with E-state index in [1.807, 2.05) is 0 Å². The first-order valence-electron chi connectivity index (χ1n) is 5.91. The Balaban J connectivity index is 1.64. The number of hydrogen-bond acceptors (Lipinski definition) is 3. The number of halogens is 3. The molecular weight excluding hydrogens is 245 g/mol. The van der Waals surface area contributed by atoms with Gasteiger partial charge in [0, 0.05) is 45.2 Å². The van der Waals surface area contributed by atoms with Gasteiger partial charge < -0.3 is 5.32 Å². The topological polar surface area (TPSA) is 33.1 Å². The van der Waals surface area contributed by atoms with E-state index in [4.69, 9.17) is 0 Å². The molecular formula is C11H15F3N4. The fraction of sp³-hybridized carbons (Fsp3) is 0.727. The van der Waals surface area contributed by atoms with Gasteiger partial charge in [0.05, 0.1) is 5.69 Å². The summed E-state index contributed by atoms with van der Waals surface area (Å²) < 4.78 is 38.7. The Hall–Kier alpha value is -1.08. The summed E-state index contributed by atoms with van der Waals surface area (Å²) in [7, 11) is 1.33. The summed E-state index contributed by atoms with van der Waals surface area (Å²) in [4.78, 5) is 2.14.